The van der Waals surface area contributed by atoms with Crippen molar-refractivity contribution in [3.05, 3.63) is 77.6 Å². The SMILES string of the molecule is CC.CC.N#Cc1cccc(Cn2nc(-c3ccc(CO)o3)c3ccccc32)c1. The average Bonchev–Trinajstić information content (AvgIpc) is 3.42. The first-order valence-corrected chi connectivity index (χ1v) is 9.93. The molecule has 0 aliphatic rings. The molecule has 1 N–H and O–H groups in total. The Hall–Kier alpha value is -3.36. The molecular weight excluding hydrogens is 362 g/mol. The molecule has 0 unspecified atom stereocenters. The van der Waals surface area contributed by atoms with E-state index in [9.17, 15) is 5.11 Å². The predicted octanol–water partition coefficient (Wildman–Crippen LogP) is 5.76. The highest BCUT2D eigenvalue weighted by Gasteiger charge is 2.15. The fourth-order valence-corrected chi connectivity index (χ4v) is 2.93. The van der Waals surface area contributed by atoms with Crippen LogP contribution in [0.1, 0.15) is 44.6 Å². The molecule has 2 aromatic heterocycles. The van der Waals surface area contributed by atoms with Gasteiger partial charge in [0.15, 0.2) is 5.76 Å². The maximum absolute atomic E-state index is 9.21. The fraction of sp³-hybridized carbons (Fsp3) is 0.250. The number of nitrogens with zero attached hydrogens (tertiary/aromatic N) is 3. The molecule has 0 atom stereocenters. The van der Waals surface area contributed by atoms with Crippen LogP contribution in [0.4, 0.5) is 0 Å². The largest absolute Gasteiger partial charge is 0.457 e. The van der Waals surface area contributed by atoms with Crippen molar-refractivity contribution >= 4 is 10.9 Å². The number of hydrogen-bond donors (Lipinski definition) is 1. The Labute approximate surface area is 171 Å². The molecule has 0 bridgehead atoms. The third kappa shape index (κ3) is 4.92. The van der Waals surface area contributed by atoms with Gasteiger partial charge >= 0.3 is 0 Å². The minimum absolute atomic E-state index is 0.139. The van der Waals surface area contributed by atoms with Gasteiger partial charge < -0.3 is 9.52 Å². The van der Waals surface area contributed by atoms with Crippen LogP contribution in [-0.2, 0) is 13.2 Å². The third-order valence-corrected chi connectivity index (χ3v) is 4.10. The van der Waals surface area contributed by atoms with Crippen LogP contribution in [0.5, 0.6) is 0 Å². The summed E-state index contributed by atoms with van der Waals surface area (Å²) in [7, 11) is 0. The van der Waals surface area contributed by atoms with Crippen LogP contribution in [0.15, 0.2) is 65.1 Å². The summed E-state index contributed by atoms with van der Waals surface area (Å²) in [4.78, 5) is 0. The highest BCUT2D eigenvalue weighted by Crippen LogP contribution is 2.29. The Bertz CT molecular complexity index is 1090. The van der Waals surface area contributed by atoms with Gasteiger partial charge in [0.1, 0.15) is 18.1 Å². The van der Waals surface area contributed by atoms with Crippen molar-refractivity contribution in [2.24, 2.45) is 0 Å². The van der Waals surface area contributed by atoms with Crippen molar-refractivity contribution in [3.63, 3.8) is 0 Å². The molecule has 5 nitrogen and oxygen atoms in total. The summed E-state index contributed by atoms with van der Waals surface area (Å²) in [6.45, 7) is 8.42. The summed E-state index contributed by atoms with van der Waals surface area (Å²) in [5.41, 5.74) is 3.37. The standard InChI is InChI=1S/C20H15N3O2.2C2H6/c21-11-14-4-3-5-15(10-14)12-23-18-7-2-1-6-17(18)20(22-23)19-9-8-16(13-24)25-19;2*1-2/h1-10,24H,12-13H2;2*1-2H3. The van der Waals surface area contributed by atoms with Gasteiger partial charge in [-0.3, -0.25) is 4.68 Å². The van der Waals surface area contributed by atoms with E-state index >= 15 is 0 Å². The fourth-order valence-electron chi connectivity index (χ4n) is 2.93. The van der Waals surface area contributed by atoms with Crippen LogP contribution >= 0.6 is 0 Å². The molecule has 0 saturated carbocycles. The smallest absolute Gasteiger partial charge is 0.155 e. The number of rotatable bonds is 4. The molecule has 0 aliphatic heterocycles. The zero-order valence-corrected chi connectivity index (χ0v) is 17.4. The number of benzene rings is 2. The van der Waals surface area contributed by atoms with Gasteiger partial charge in [0.2, 0.25) is 0 Å². The molecule has 0 fully saturated rings. The molecule has 150 valence electrons. The molecule has 0 amide bonds. The van der Waals surface area contributed by atoms with E-state index < -0.39 is 0 Å². The molecular formula is C24H27N3O2. The molecule has 5 heteroatoms. The molecule has 29 heavy (non-hydrogen) atoms. The second-order valence-electron chi connectivity index (χ2n) is 5.76. The van der Waals surface area contributed by atoms with E-state index in [1.165, 1.54) is 0 Å². The number of furan rings is 1. The van der Waals surface area contributed by atoms with Crippen LogP contribution in [-0.4, -0.2) is 14.9 Å². The summed E-state index contributed by atoms with van der Waals surface area (Å²) in [5.74, 6) is 1.14. The van der Waals surface area contributed by atoms with E-state index in [4.69, 9.17) is 14.8 Å². The minimum Gasteiger partial charge on any atom is -0.457 e. The first-order valence-electron chi connectivity index (χ1n) is 9.93. The normalized spacial score (nSPS) is 9.79. The third-order valence-electron chi connectivity index (χ3n) is 4.10. The predicted molar refractivity (Wildman–Crippen MR) is 116 cm³/mol. The van der Waals surface area contributed by atoms with E-state index in [0.29, 0.717) is 23.6 Å². The first-order chi connectivity index (χ1) is 14.3. The zero-order valence-electron chi connectivity index (χ0n) is 17.4. The molecule has 0 spiro atoms. The zero-order chi connectivity index (χ0) is 21.2. The quantitative estimate of drug-likeness (QED) is 0.481. The maximum atomic E-state index is 9.21. The van der Waals surface area contributed by atoms with Crippen molar-refractivity contribution in [1.29, 1.82) is 5.26 Å². The van der Waals surface area contributed by atoms with Crippen LogP contribution in [0.25, 0.3) is 22.4 Å². The van der Waals surface area contributed by atoms with Gasteiger partial charge in [-0.2, -0.15) is 10.4 Å². The van der Waals surface area contributed by atoms with E-state index in [2.05, 4.69) is 6.07 Å². The lowest BCUT2D eigenvalue weighted by atomic mass is 10.1. The lowest BCUT2D eigenvalue weighted by molar-refractivity contribution is 0.248. The number of fused-ring (bicyclic) bond motifs is 1. The van der Waals surface area contributed by atoms with Gasteiger partial charge in [-0.05, 0) is 35.9 Å². The lowest BCUT2D eigenvalue weighted by Gasteiger charge is -2.04. The number of para-hydroxylation sites is 1. The highest BCUT2D eigenvalue weighted by atomic mass is 16.4. The molecule has 2 heterocycles. The molecule has 0 aliphatic carbocycles. The Kier molecular flexibility index (Phi) is 8.20. The Morgan fingerprint density at radius 3 is 2.45 bits per heavy atom. The van der Waals surface area contributed by atoms with E-state index in [1.54, 1.807) is 12.1 Å². The van der Waals surface area contributed by atoms with Crippen LogP contribution in [0.3, 0.4) is 0 Å². The average molecular weight is 389 g/mol. The van der Waals surface area contributed by atoms with Crippen LogP contribution in [0, 0.1) is 11.3 Å². The van der Waals surface area contributed by atoms with E-state index in [1.807, 2.05) is 80.9 Å². The van der Waals surface area contributed by atoms with Gasteiger partial charge in [0, 0.05) is 5.39 Å². The summed E-state index contributed by atoms with van der Waals surface area (Å²) in [6, 6.07) is 21.2. The molecule has 4 rings (SSSR count). The first kappa shape index (κ1) is 21.9. The van der Waals surface area contributed by atoms with Gasteiger partial charge in [-0.15, -0.1) is 0 Å². The van der Waals surface area contributed by atoms with Crippen LogP contribution in [0.2, 0.25) is 0 Å². The van der Waals surface area contributed by atoms with Crippen molar-refractivity contribution in [1.82, 2.24) is 9.78 Å². The second kappa shape index (κ2) is 10.8. The second-order valence-corrected chi connectivity index (χ2v) is 5.76. The number of aromatic nitrogens is 2. The number of aliphatic hydroxyl groups excluding tert-OH is 1. The summed E-state index contributed by atoms with van der Waals surface area (Å²) in [5, 5.41) is 24.0. The van der Waals surface area contributed by atoms with Crippen molar-refractivity contribution in [3.8, 4) is 17.5 Å². The van der Waals surface area contributed by atoms with Crippen LogP contribution < -0.4 is 0 Å². The van der Waals surface area contributed by atoms with E-state index in [0.717, 1.165) is 22.2 Å². The summed E-state index contributed by atoms with van der Waals surface area (Å²) >= 11 is 0. The number of hydrogen-bond acceptors (Lipinski definition) is 4. The number of aliphatic hydroxyl groups is 1. The Balaban J connectivity index is 0.000000707. The maximum Gasteiger partial charge on any atom is 0.155 e. The van der Waals surface area contributed by atoms with Gasteiger partial charge in [-0.25, -0.2) is 0 Å². The minimum atomic E-state index is -0.139. The van der Waals surface area contributed by atoms with Gasteiger partial charge in [-0.1, -0.05) is 58.0 Å². The van der Waals surface area contributed by atoms with Crippen molar-refractivity contribution in [2.75, 3.05) is 0 Å². The molecule has 2 aromatic carbocycles. The lowest BCUT2D eigenvalue weighted by Crippen LogP contribution is -2.01. The monoisotopic (exact) mass is 389 g/mol. The van der Waals surface area contributed by atoms with Crippen molar-refractivity contribution < 1.29 is 9.52 Å². The van der Waals surface area contributed by atoms with Gasteiger partial charge in [0.25, 0.3) is 0 Å². The van der Waals surface area contributed by atoms with Crippen molar-refractivity contribution in [2.45, 2.75) is 40.8 Å². The Morgan fingerprint density at radius 2 is 1.76 bits per heavy atom. The molecule has 0 radical (unpaired) electrons. The molecule has 0 saturated heterocycles. The Morgan fingerprint density at radius 1 is 1.00 bits per heavy atom. The number of nitriles is 1. The van der Waals surface area contributed by atoms with Gasteiger partial charge in [0.05, 0.1) is 23.7 Å². The highest BCUT2D eigenvalue weighted by molar-refractivity contribution is 5.92. The topological polar surface area (TPSA) is 75.0 Å². The summed E-state index contributed by atoms with van der Waals surface area (Å²) < 4.78 is 7.56. The van der Waals surface area contributed by atoms with E-state index in [-0.39, 0.29) is 6.61 Å². The molecule has 4 aromatic rings. The summed E-state index contributed by atoms with van der Waals surface area (Å²) in [6.07, 6.45) is 0.